The molecule has 0 saturated heterocycles. The summed E-state index contributed by atoms with van der Waals surface area (Å²) in [6.07, 6.45) is 0. The van der Waals surface area contributed by atoms with Gasteiger partial charge in [0.2, 0.25) is 5.91 Å². The minimum atomic E-state index is -0.564. The van der Waals surface area contributed by atoms with Crippen LogP contribution in [0, 0.1) is 0 Å². The molecule has 1 rings (SSSR count). The van der Waals surface area contributed by atoms with E-state index in [0.29, 0.717) is 17.1 Å². The van der Waals surface area contributed by atoms with E-state index in [0.717, 1.165) is 11.0 Å². The number of nitrogens with two attached hydrogens (primary N) is 1. The monoisotopic (exact) mass is 333 g/mol. The molecule has 1 atom stereocenters. The van der Waals surface area contributed by atoms with Crippen molar-refractivity contribution >= 4 is 33.4 Å². The maximum atomic E-state index is 11.5. The fourth-order valence-electron chi connectivity index (χ4n) is 1.53. The quantitative estimate of drug-likeness (QED) is 0.834. The Balaban J connectivity index is 2.81. The molecule has 1 aromatic rings. The Bertz CT molecular complexity index is 426. The number of likely N-dealkylation sites (N-methyl/N-ethyl adjacent to an activating group) is 1. The highest BCUT2D eigenvalue weighted by Gasteiger charge is 2.19. The largest absolute Gasteiger partial charge is 0.368 e. The van der Waals surface area contributed by atoms with Crippen LogP contribution in [0.15, 0.2) is 22.7 Å². The Hall–Kier alpha value is -0.620. The van der Waals surface area contributed by atoms with E-state index in [1.807, 2.05) is 25.1 Å². The Morgan fingerprint density at radius 2 is 2.22 bits per heavy atom. The molecule has 3 N–H and O–H groups in total. The number of nitrogens with zero attached hydrogens (tertiary/aromatic N) is 1. The van der Waals surface area contributed by atoms with Crippen molar-refractivity contribution in [3.8, 4) is 0 Å². The number of benzene rings is 1. The van der Waals surface area contributed by atoms with Crippen LogP contribution in [-0.2, 0) is 4.79 Å². The highest BCUT2D eigenvalue weighted by atomic mass is 79.9. The second kappa shape index (κ2) is 7.09. The summed E-state index contributed by atoms with van der Waals surface area (Å²) in [5.74, 6) is -0.432. The highest BCUT2D eigenvalue weighted by Crippen LogP contribution is 2.26. The first kappa shape index (κ1) is 15.4. The van der Waals surface area contributed by atoms with E-state index in [1.54, 1.807) is 12.1 Å². The molecular formula is C12H17BrClN3O. The predicted molar refractivity (Wildman–Crippen MR) is 77.6 cm³/mol. The maximum Gasteiger partial charge on any atom is 0.239 e. The van der Waals surface area contributed by atoms with Crippen LogP contribution in [0.4, 0.5) is 0 Å². The lowest BCUT2D eigenvalue weighted by Crippen LogP contribution is -2.37. The van der Waals surface area contributed by atoms with E-state index in [1.165, 1.54) is 0 Å². The third kappa shape index (κ3) is 4.57. The number of carbonyl (C=O) groups excluding carboxylic acids is 1. The molecule has 0 bridgehead atoms. The lowest BCUT2D eigenvalue weighted by Gasteiger charge is -2.18. The van der Waals surface area contributed by atoms with Crippen molar-refractivity contribution in [3.63, 3.8) is 0 Å². The third-order valence-electron chi connectivity index (χ3n) is 2.47. The molecule has 0 aliphatic heterocycles. The molecule has 6 heteroatoms. The molecule has 0 saturated carbocycles. The van der Waals surface area contributed by atoms with Gasteiger partial charge in [-0.2, -0.15) is 0 Å². The average molecular weight is 335 g/mol. The zero-order valence-electron chi connectivity index (χ0n) is 10.4. The van der Waals surface area contributed by atoms with E-state index >= 15 is 0 Å². The second-order valence-corrected chi connectivity index (χ2v) is 5.58. The van der Waals surface area contributed by atoms with Gasteiger partial charge in [-0.25, -0.2) is 0 Å². The lowest BCUT2D eigenvalue weighted by atomic mass is 10.1. The molecule has 100 valence electrons. The molecule has 0 aliphatic carbocycles. The smallest absolute Gasteiger partial charge is 0.239 e. The van der Waals surface area contributed by atoms with Crippen LogP contribution in [0.2, 0.25) is 5.02 Å². The van der Waals surface area contributed by atoms with Gasteiger partial charge in [-0.3, -0.25) is 4.79 Å². The second-order valence-electron chi connectivity index (χ2n) is 4.26. The van der Waals surface area contributed by atoms with Crippen molar-refractivity contribution < 1.29 is 4.79 Å². The Morgan fingerprint density at radius 1 is 1.56 bits per heavy atom. The Kier molecular flexibility index (Phi) is 6.08. The maximum absolute atomic E-state index is 11.5. The molecule has 4 nitrogen and oxygen atoms in total. The van der Waals surface area contributed by atoms with Gasteiger partial charge in [-0.05, 0) is 31.8 Å². The highest BCUT2D eigenvalue weighted by molar-refractivity contribution is 9.10. The molecule has 0 spiro atoms. The van der Waals surface area contributed by atoms with Gasteiger partial charge < -0.3 is 16.0 Å². The van der Waals surface area contributed by atoms with Crippen LogP contribution in [-0.4, -0.2) is 38.0 Å². The first-order chi connectivity index (χ1) is 8.41. The normalized spacial score (nSPS) is 12.7. The molecule has 0 aliphatic rings. The number of carbonyl (C=O) groups is 1. The van der Waals surface area contributed by atoms with E-state index in [-0.39, 0.29) is 0 Å². The zero-order chi connectivity index (χ0) is 13.7. The van der Waals surface area contributed by atoms with Crippen molar-refractivity contribution in [3.05, 3.63) is 33.3 Å². The number of hydrogen-bond donors (Lipinski definition) is 2. The summed E-state index contributed by atoms with van der Waals surface area (Å²) in [4.78, 5) is 13.5. The van der Waals surface area contributed by atoms with Crippen molar-refractivity contribution in [2.75, 3.05) is 27.2 Å². The van der Waals surface area contributed by atoms with Gasteiger partial charge in [0, 0.05) is 22.6 Å². The molecule has 18 heavy (non-hydrogen) atoms. The number of nitrogens with one attached hydrogen (secondary N) is 1. The fourth-order valence-corrected chi connectivity index (χ4v) is 2.31. The topological polar surface area (TPSA) is 58.4 Å². The Labute approximate surface area is 121 Å². The van der Waals surface area contributed by atoms with Gasteiger partial charge in [0.25, 0.3) is 0 Å². The van der Waals surface area contributed by atoms with Gasteiger partial charge >= 0.3 is 0 Å². The minimum absolute atomic E-state index is 0.432. The first-order valence-corrected chi connectivity index (χ1v) is 6.71. The molecule has 0 fully saturated rings. The van der Waals surface area contributed by atoms with Crippen molar-refractivity contribution in [1.82, 2.24) is 10.2 Å². The zero-order valence-corrected chi connectivity index (χ0v) is 12.8. The number of rotatable bonds is 6. The average Bonchev–Trinajstić information content (AvgIpc) is 2.25. The summed E-state index contributed by atoms with van der Waals surface area (Å²) in [6, 6.07) is 4.82. The van der Waals surface area contributed by atoms with Crippen LogP contribution >= 0.6 is 27.5 Å². The van der Waals surface area contributed by atoms with Gasteiger partial charge in [-0.15, -0.1) is 0 Å². The molecule has 1 amide bonds. The summed E-state index contributed by atoms with van der Waals surface area (Å²) in [5, 5.41) is 3.63. The summed E-state index contributed by atoms with van der Waals surface area (Å²) in [6.45, 7) is 1.48. The summed E-state index contributed by atoms with van der Waals surface area (Å²) in [5.41, 5.74) is 6.11. The van der Waals surface area contributed by atoms with Gasteiger partial charge in [0.15, 0.2) is 0 Å². The van der Waals surface area contributed by atoms with Crippen LogP contribution < -0.4 is 11.1 Å². The molecular weight excluding hydrogens is 318 g/mol. The van der Waals surface area contributed by atoms with Gasteiger partial charge in [0.1, 0.15) is 6.04 Å². The van der Waals surface area contributed by atoms with Gasteiger partial charge in [0.05, 0.1) is 0 Å². The minimum Gasteiger partial charge on any atom is -0.368 e. The third-order valence-corrected chi connectivity index (χ3v) is 3.29. The number of amides is 1. The summed E-state index contributed by atoms with van der Waals surface area (Å²) < 4.78 is 0.868. The van der Waals surface area contributed by atoms with Crippen molar-refractivity contribution in [2.45, 2.75) is 6.04 Å². The molecule has 1 unspecified atom stereocenters. The SMILES string of the molecule is CN(C)CCNC(C(N)=O)c1ccc(Br)cc1Cl. The fraction of sp³-hybridized carbons (Fsp3) is 0.417. The number of hydrogen-bond acceptors (Lipinski definition) is 3. The molecule has 1 aromatic carbocycles. The Morgan fingerprint density at radius 3 is 2.72 bits per heavy atom. The summed E-state index contributed by atoms with van der Waals surface area (Å²) >= 11 is 9.45. The van der Waals surface area contributed by atoms with E-state index in [9.17, 15) is 4.79 Å². The van der Waals surface area contributed by atoms with Crippen molar-refractivity contribution in [1.29, 1.82) is 0 Å². The summed E-state index contributed by atoms with van der Waals surface area (Å²) in [7, 11) is 3.93. The first-order valence-electron chi connectivity index (χ1n) is 5.54. The van der Waals surface area contributed by atoms with E-state index < -0.39 is 11.9 Å². The molecule has 0 heterocycles. The predicted octanol–water partition coefficient (Wildman–Crippen LogP) is 1.78. The molecule has 0 aromatic heterocycles. The van der Waals surface area contributed by atoms with E-state index in [2.05, 4.69) is 21.2 Å². The van der Waals surface area contributed by atoms with Crippen LogP contribution in [0.1, 0.15) is 11.6 Å². The number of halogens is 2. The lowest BCUT2D eigenvalue weighted by molar-refractivity contribution is -0.120. The van der Waals surface area contributed by atoms with Crippen molar-refractivity contribution in [2.24, 2.45) is 5.73 Å². The van der Waals surface area contributed by atoms with Crippen LogP contribution in [0.3, 0.4) is 0 Å². The number of primary amides is 1. The van der Waals surface area contributed by atoms with Gasteiger partial charge in [-0.1, -0.05) is 33.6 Å². The van der Waals surface area contributed by atoms with E-state index in [4.69, 9.17) is 17.3 Å². The van der Waals surface area contributed by atoms with Crippen LogP contribution in [0.5, 0.6) is 0 Å². The standard InChI is InChI=1S/C12H17BrClN3O/c1-17(2)6-5-16-11(12(15)18)9-4-3-8(13)7-10(9)14/h3-4,7,11,16H,5-6H2,1-2H3,(H2,15,18). The molecule has 0 radical (unpaired) electrons. The van der Waals surface area contributed by atoms with Crippen LogP contribution in [0.25, 0.3) is 0 Å².